The second-order valence-corrected chi connectivity index (χ2v) is 9.96. The molecule has 0 aromatic heterocycles. The SMILES string of the molecule is CCN(CC)S(=O)(=O)c1ccc(OCC(=O)N(Cc2ccccc2)Cc2ccccc2)c(C)c1. The molecule has 0 radical (unpaired) electrons. The largest absolute Gasteiger partial charge is 0.483 e. The molecular weight excluding hydrogens is 448 g/mol. The van der Waals surface area contributed by atoms with Crippen molar-refractivity contribution in [3.63, 3.8) is 0 Å². The van der Waals surface area contributed by atoms with Crippen LogP contribution in [-0.4, -0.2) is 43.2 Å². The van der Waals surface area contributed by atoms with Gasteiger partial charge in [-0.3, -0.25) is 4.79 Å². The fraction of sp³-hybridized carbons (Fsp3) is 0.296. The molecule has 0 atom stereocenters. The summed E-state index contributed by atoms with van der Waals surface area (Å²) in [7, 11) is -3.55. The van der Waals surface area contributed by atoms with E-state index < -0.39 is 10.0 Å². The number of carbonyl (C=O) groups excluding carboxylic acids is 1. The highest BCUT2D eigenvalue weighted by Gasteiger charge is 2.22. The van der Waals surface area contributed by atoms with Gasteiger partial charge in [-0.1, -0.05) is 74.5 Å². The zero-order valence-corrected chi connectivity index (χ0v) is 20.8. The van der Waals surface area contributed by atoms with Crippen molar-refractivity contribution in [2.45, 2.75) is 38.8 Å². The predicted molar refractivity (Wildman–Crippen MR) is 134 cm³/mol. The quantitative estimate of drug-likeness (QED) is 0.401. The Morgan fingerprint density at radius 1 is 0.824 bits per heavy atom. The molecule has 0 unspecified atom stereocenters. The first-order valence-electron chi connectivity index (χ1n) is 11.4. The molecule has 1 amide bonds. The number of nitrogens with zero attached hydrogens (tertiary/aromatic N) is 2. The number of ether oxygens (including phenoxy) is 1. The molecule has 6 nitrogen and oxygen atoms in total. The fourth-order valence-corrected chi connectivity index (χ4v) is 5.27. The average molecular weight is 481 g/mol. The molecule has 0 fully saturated rings. The molecule has 0 aliphatic heterocycles. The van der Waals surface area contributed by atoms with Crippen LogP contribution in [0.5, 0.6) is 5.75 Å². The molecule has 3 rings (SSSR count). The Hall–Kier alpha value is -3.16. The highest BCUT2D eigenvalue weighted by Crippen LogP contribution is 2.24. The van der Waals surface area contributed by atoms with Gasteiger partial charge in [0.1, 0.15) is 5.75 Å². The number of hydrogen-bond donors (Lipinski definition) is 0. The van der Waals surface area contributed by atoms with Gasteiger partial charge in [0.05, 0.1) is 4.90 Å². The van der Waals surface area contributed by atoms with Crippen LogP contribution in [0.25, 0.3) is 0 Å². The highest BCUT2D eigenvalue weighted by molar-refractivity contribution is 7.89. The van der Waals surface area contributed by atoms with Gasteiger partial charge >= 0.3 is 0 Å². The first-order chi connectivity index (χ1) is 16.3. The molecular formula is C27H32N2O4S. The molecule has 3 aromatic carbocycles. The maximum Gasteiger partial charge on any atom is 0.261 e. The van der Waals surface area contributed by atoms with E-state index in [2.05, 4.69) is 0 Å². The maximum atomic E-state index is 13.1. The summed E-state index contributed by atoms with van der Waals surface area (Å²) in [5, 5.41) is 0. The third-order valence-corrected chi connectivity index (χ3v) is 7.67. The lowest BCUT2D eigenvalue weighted by molar-refractivity contribution is -0.134. The smallest absolute Gasteiger partial charge is 0.261 e. The van der Waals surface area contributed by atoms with Crippen LogP contribution in [0, 0.1) is 6.92 Å². The highest BCUT2D eigenvalue weighted by atomic mass is 32.2. The number of rotatable bonds is 11. The van der Waals surface area contributed by atoms with Crippen molar-refractivity contribution in [1.29, 1.82) is 0 Å². The van der Waals surface area contributed by atoms with Gasteiger partial charge in [0, 0.05) is 26.2 Å². The van der Waals surface area contributed by atoms with E-state index in [0.717, 1.165) is 11.1 Å². The van der Waals surface area contributed by atoms with E-state index in [1.165, 1.54) is 10.4 Å². The van der Waals surface area contributed by atoms with Crippen molar-refractivity contribution in [3.05, 3.63) is 95.6 Å². The molecule has 180 valence electrons. The fourth-order valence-electron chi connectivity index (χ4n) is 3.73. The van der Waals surface area contributed by atoms with Crippen molar-refractivity contribution >= 4 is 15.9 Å². The van der Waals surface area contributed by atoms with E-state index in [-0.39, 0.29) is 17.4 Å². The van der Waals surface area contributed by atoms with Gasteiger partial charge in [0.2, 0.25) is 10.0 Å². The Labute approximate surface area is 202 Å². The van der Waals surface area contributed by atoms with Gasteiger partial charge in [-0.25, -0.2) is 8.42 Å². The average Bonchev–Trinajstić information content (AvgIpc) is 2.84. The Morgan fingerprint density at radius 2 is 1.35 bits per heavy atom. The number of benzene rings is 3. The summed E-state index contributed by atoms with van der Waals surface area (Å²) in [6, 6.07) is 24.4. The van der Waals surface area contributed by atoms with E-state index >= 15 is 0 Å². The first kappa shape index (κ1) is 25.5. The van der Waals surface area contributed by atoms with Crippen molar-refractivity contribution < 1.29 is 17.9 Å². The van der Waals surface area contributed by atoms with Gasteiger partial charge in [-0.05, 0) is 41.8 Å². The number of sulfonamides is 1. The zero-order chi connectivity index (χ0) is 24.6. The lowest BCUT2D eigenvalue weighted by Crippen LogP contribution is -2.34. The Kier molecular flexibility index (Phi) is 8.85. The van der Waals surface area contributed by atoms with Crippen LogP contribution in [0.15, 0.2) is 83.8 Å². The minimum absolute atomic E-state index is 0.136. The molecule has 0 spiro atoms. The number of amides is 1. The van der Waals surface area contributed by atoms with Crippen LogP contribution in [-0.2, 0) is 27.9 Å². The number of aryl methyl sites for hydroxylation is 1. The van der Waals surface area contributed by atoms with Crippen LogP contribution >= 0.6 is 0 Å². The summed E-state index contributed by atoms with van der Waals surface area (Å²) in [4.78, 5) is 15.1. The van der Waals surface area contributed by atoms with Crippen molar-refractivity contribution in [1.82, 2.24) is 9.21 Å². The van der Waals surface area contributed by atoms with Gasteiger partial charge in [0.15, 0.2) is 6.61 Å². The zero-order valence-electron chi connectivity index (χ0n) is 20.0. The normalized spacial score (nSPS) is 11.4. The Balaban J connectivity index is 1.73. The van der Waals surface area contributed by atoms with Crippen LogP contribution in [0.2, 0.25) is 0 Å². The predicted octanol–water partition coefficient (Wildman–Crippen LogP) is 4.63. The summed E-state index contributed by atoms with van der Waals surface area (Å²) >= 11 is 0. The van der Waals surface area contributed by atoms with Crippen molar-refractivity contribution in [3.8, 4) is 5.75 Å². The first-order valence-corrected chi connectivity index (χ1v) is 12.9. The van der Waals surface area contributed by atoms with Crippen LogP contribution in [0.4, 0.5) is 0 Å². The Bertz CT molecular complexity index is 1140. The van der Waals surface area contributed by atoms with Crippen molar-refractivity contribution in [2.24, 2.45) is 0 Å². The monoisotopic (exact) mass is 480 g/mol. The van der Waals surface area contributed by atoms with Gasteiger partial charge < -0.3 is 9.64 Å². The second-order valence-electron chi connectivity index (χ2n) is 8.03. The summed E-state index contributed by atoms with van der Waals surface area (Å²) in [6.45, 7) is 7.03. The van der Waals surface area contributed by atoms with Crippen LogP contribution in [0.3, 0.4) is 0 Å². The minimum Gasteiger partial charge on any atom is -0.483 e. The molecule has 34 heavy (non-hydrogen) atoms. The summed E-state index contributed by atoms with van der Waals surface area (Å²) < 4.78 is 32.8. The number of hydrogen-bond acceptors (Lipinski definition) is 4. The molecule has 0 N–H and O–H groups in total. The van der Waals surface area contributed by atoms with E-state index in [1.54, 1.807) is 24.0 Å². The molecule has 0 heterocycles. The van der Waals surface area contributed by atoms with Gasteiger partial charge in [0.25, 0.3) is 5.91 Å². The van der Waals surface area contributed by atoms with E-state index in [9.17, 15) is 13.2 Å². The molecule has 0 aliphatic carbocycles. The summed E-state index contributed by atoms with van der Waals surface area (Å²) in [6.07, 6.45) is 0. The molecule has 7 heteroatoms. The summed E-state index contributed by atoms with van der Waals surface area (Å²) in [5.74, 6) is 0.346. The molecule has 3 aromatic rings. The van der Waals surface area contributed by atoms with Gasteiger partial charge in [-0.2, -0.15) is 4.31 Å². The number of carbonyl (C=O) groups is 1. The third kappa shape index (κ3) is 6.46. The molecule has 0 saturated heterocycles. The van der Waals surface area contributed by atoms with E-state index in [0.29, 0.717) is 37.5 Å². The topological polar surface area (TPSA) is 66.9 Å². The van der Waals surface area contributed by atoms with Crippen LogP contribution in [0.1, 0.15) is 30.5 Å². The van der Waals surface area contributed by atoms with E-state index in [1.807, 2.05) is 74.5 Å². The Morgan fingerprint density at radius 3 is 1.82 bits per heavy atom. The maximum absolute atomic E-state index is 13.1. The summed E-state index contributed by atoms with van der Waals surface area (Å²) in [5.41, 5.74) is 2.74. The van der Waals surface area contributed by atoms with E-state index in [4.69, 9.17) is 4.74 Å². The van der Waals surface area contributed by atoms with Crippen molar-refractivity contribution in [2.75, 3.05) is 19.7 Å². The second kappa shape index (κ2) is 11.8. The van der Waals surface area contributed by atoms with Crippen LogP contribution < -0.4 is 4.74 Å². The van der Waals surface area contributed by atoms with Gasteiger partial charge in [-0.15, -0.1) is 0 Å². The standard InChI is InChI=1S/C27H32N2O4S/c1-4-29(5-2)34(31,32)25-16-17-26(22(3)18-25)33-21-27(30)28(19-23-12-8-6-9-13-23)20-24-14-10-7-11-15-24/h6-18H,4-5,19-21H2,1-3H3. The molecule has 0 aliphatic rings. The lowest BCUT2D eigenvalue weighted by Gasteiger charge is -2.24. The minimum atomic E-state index is -3.55. The third-order valence-electron chi connectivity index (χ3n) is 5.63. The molecule has 0 bridgehead atoms. The lowest BCUT2D eigenvalue weighted by atomic mass is 10.1. The molecule has 0 saturated carbocycles.